The zero-order valence-corrected chi connectivity index (χ0v) is 19.4. The summed E-state index contributed by atoms with van der Waals surface area (Å²) in [4.78, 5) is 44.2. The number of rotatable bonds is 3. The van der Waals surface area contributed by atoms with Gasteiger partial charge in [0.05, 0.1) is 13.1 Å². The molecule has 0 atom stereocenters. The van der Waals surface area contributed by atoms with Crippen LogP contribution in [0.15, 0.2) is 18.2 Å². The van der Waals surface area contributed by atoms with E-state index >= 15 is 0 Å². The van der Waals surface area contributed by atoms with E-state index in [0.29, 0.717) is 5.56 Å². The Bertz CT molecular complexity index is 950. The number of benzene rings is 1. The van der Waals surface area contributed by atoms with Crippen molar-refractivity contribution in [2.24, 2.45) is 0 Å². The van der Waals surface area contributed by atoms with Crippen molar-refractivity contribution in [2.75, 3.05) is 19.6 Å². The summed E-state index contributed by atoms with van der Waals surface area (Å²) >= 11 is 0. The van der Waals surface area contributed by atoms with Crippen LogP contribution >= 0.6 is 0 Å². The second kappa shape index (κ2) is 8.57. The van der Waals surface area contributed by atoms with E-state index in [1.54, 1.807) is 25.7 Å². The molecule has 4 rings (SSSR count). The number of nitrogens with zero attached hydrogens (tertiary/aromatic N) is 3. The molecule has 1 aliphatic carbocycles. The quantitative estimate of drug-likeness (QED) is 0.689. The topological polar surface area (TPSA) is 70.2 Å². The molecule has 1 aromatic rings. The lowest BCUT2D eigenvalue weighted by Crippen LogP contribution is -2.81. The van der Waals surface area contributed by atoms with Crippen molar-refractivity contribution in [3.05, 3.63) is 35.4 Å². The number of piperazine rings is 1. The maximum atomic E-state index is 13.8. The van der Waals surface area contributed by atoms with Crippen molar-refractivity contribution in [3.8, 4) is 0 Å². The third-order valence-corrected chi connectivity index (χ3v) is 6.68. The minimum Gasteiger partial charge on any atom is -0.444 e. The van der Waals surface area contributed by atoms with Gasteiger partial charge in [0.2, 0.25) is 5.91 Å². The van der Waals surface area contributed by atoms with Crippen LogP contribution in [-0.4, -0.2) is 69.4 Å². The van der Waals surface area contributed by atoms with E-state index in [0.717, 1.165) is 44.2 Å². The van der Waals surface area contributed by atoms with Gasteiger partial charge in [0, 0.05) is 12.6 Å². The third-order valence-electron chi connectivity index (χ3n) is 6.68. The molecule has 1 aromatic carbocycles. The van der Waals surface area contributed by atoms with Gasteiger partial charge in [0.25, 0.3) is 5.91 Å². The Kier molecular flexibility index (Phi) is 6.09. The molecule has 1 spiro atoms. The van der Waals surface area contributed by atoms with Crippen molar-refractivity contribution in [2.45, 2.75) is 76.6 Å². The maximum Gasteiger partial charge on any atom is 0.410 e. The van der Waals surface area contributed by atoms with Gasteiger partial charge in [-0.2, -0.15) is 0 Å². The van der Waals surface area contributed by atoms with Crippen LogP contribution < -0.4 is 0 Å². The second-order valence-corrected chi connectivity index (χ2v) is 10.3. The molecule has 2 heterocycles. The molecule has 9 heteroatoms. The molecule has 33 heavy (non-hydrogen) atoms. The molecular formula is C24H31F2N3O4. The first-order chi connectivity index (χ1) is 15.5. The highest BCUT2D eigenvalue weighted by atomic mass is 19.2. The van der Waals surface area contributed by atoms with Crippen LogP contribution in [-0.2, 0) is 20.9 Å². The number of likely N-dealkylation sites (tertiary alicyclic amines) is 1. The fraction of sp³-hybridized carbons (Fsp3) is 0.625. The standard InChI is InChI=1S/C24H31F2N3O4/c1-23(2,3)33-22(32)27-14-24(15-27)21(31)28(17-7-5-4-6-8-17)13-20(30)29(24)12-16-9-10-18(25)19(26)11-16/h9-11,17H,4-8,12-15H2,1-3H3. The monoisotopic (exact) mass is 463 g/mol. The molecule has 7 nitrogen and oxygen atoms in total. The van der Waals surface area contributed by atoms with E-state index in [1.165, 1.54) is 15.9 Å². The second-order valence-electron chi connectivity index (χ2n) is 10.3. The molecule has 2 aliphatic heterocycles. The Hall–Kier alpha value is -2.71. The van der Waals surface area contributed by atoms with Gasteiger partial charge in [-0.1, -0.05) is 25.3 Å². The number of hydrogen-bond donors (Lipinski definition) is 0. The third kappa shape index (κ3) is 4.54. The molecule has 1 saturated carbocycles. The maximum absolute atomic E-state index is 13.8. The number of carbonyl (C=O) groups is 3. The minimum atomic E-state index is -1.23. The van der Waals surface area contributed by atoms with Crippen molar-refractivity contribution >= 4 is 17.9 Å². The first-order valence-electron chi connectivity index (χ1n) is 11.5. The summed E-state index contributed by atoms with van der Waals surface area (Å²) in [5.74, 6) is -2.42. The van der Waals surface area contributed by atoms with Crippen LogP contribution in [0.4, 0.5) is 13.6 Å². The molecule has 0 N–H and O–H groups in total. The molecule has 180 valence electrons. The molecule has 0 aromatic heterocycles. The summed E-state index contributed by atoms with van der Waals surface area (Å²) in [6.07, 6.45) is 4.31. The van der Waals surface area contributed by atoms with Gasteiger partial charge in [-0.15, -0.1) is 0 Å². The highest BCUT2D eigenvalue weighted by Gasteiger charge is 2.61. The van der Waals surface area contributed by atoms with Crippen molar-refractivity contribution in [1.82, 2.24) is 14.7 Å². The zero-order chi connectivity index (χ0) is 24.0. The summed E-state index contributed by atoms with van der Waals surface area (Å²) < 4.78 is 32.6. The number of ether oxygens (including phenoxy) is 1. The van der Waals surface area contributed by atoms with E-state index in [4.69, 9.17) is 4.74 Å². The van der Waals surface area contributed by atoms with E-state index in [2.05, 4.69) is 0 Å². The van der Waals surface area contributed by atoms with Crippen LogP contribution in [0.1, 0.15) is 58.4 Å². The van der Waals surface area contributed by atoms with E-state index in [-0.39, 0.29) is 44.0 Å². The van der Waals surface area contributed by atoms with Crippen LogP contribution in [0.5, 0.6) is 0 Å². The fourth-order valence-corrected chi connectivity index (χ4v) is 5.02. The Labute approximate surface area is 192 Å². The lowest BCUT2D eigenvalue weighted by Gasteiger charge is -2.58. The van der Waals surface area contributed by atoms with Gasteiger partial charge in [0.1, 0.15) is 12.1 Å². The smallest absolute Gasteiger partial charge is 0.410 e. The Morgan fingerprint density at radius 1 is 1.09 bits per heavy atom. The van der Waals surface area contributed by atoms with Gasteiger partial charge in [-0.3, -0.25) is 9.59 Å². The summed E-state index contributed by atoms with van der Waals surface area (Å²) in [5, 5.41) is 0. The summed E-state index contributed by atoms with van der Waals surface area (Å²) in [5.41, 5.74) is -1.53. The summed E-state index contributed by atoms with van der Waals surface area (Å²) in [6, 6.07) is 3.46. The molecule has 0 radical (unpaired) electrons. The Balaban J connectivity index is 1.60. The Morgan fingerprint density at radius 2 is 1.76 bits per heavy atom. The average molecular weight is 464 g/mol. The normalized spacial score (nSPS) is 21.4. The molecule has 0 bridgehead atoms. The van der Waals surface area contributed by atoms with E-state index < -0.39 is 28.9 Å². The number of hydrogen-bond acceptors (Lipinski definition) is 4. The molecule has 3 amide bonds. The molecular weight excluding hydrogens is 432 g/mol. The molecule has 0 unspecified atom stereocenters. The lowest BCUT2D eigenvalue weighted by atomic mass is 9.81. The van der Waals surface area contributed by atoms with Crippen molar-refractivity contribution in [1.29, 1.82) is 0 Å². The molecule has 3 aliphatic rings. The van der Waals surface area contributed by atoms with Gasteiger partial charge >= 0.3 is 6.09 Å². The van der Waals surface area contributed by atoms with Gasteiger partial charge in [-0.05, 0) is 51.3 Å². The highest BCUT2D eigenvalue weighted by Crippen LogP contribution is 2.38. The fourth-order valence-electron chi connectivity index (χ4n) is 5.02. The van der Waals surface area contributed by atoms with Crippen molar-refractivity contribution < 1.29 is 27.9 Å². The predicted octanol–water partition coefficient (Wildman–Crippen LogP) is 3.46. The number of amides is 3. The van der Waals surface area contributed by atoms with E-state index in [9.17, 15) is 23.2 Å². The first kappa shape index (κ1) is 23.4. The number of halogens is 2. The Morgan fingerprint density at radius 3 is 2.36 bits per heavy atom. The zero-order valence-electron chi connectivity index (χ0n) is 19.4. The van der Waals surface area contributed by atoms with Crippen molar-refractivity contribution in [3.63, 3.8) is 0 Å². The van der Waals surface area contributed by atoms with E-state index in [1.807, 2.05) is 0 Å². The minimum absolute atomic E-state index is 0.00747. The van der Waals surface area contributed by atoms with Gasteiger partial charge in [-0.25, -0.2) is 13.6 Å². The SMILES string of the molecule is CC(C)(C)OC(=O)N1CC2(C1)C(=O)N(C1CCCCC1)CC(=O)N2Cc1ccc(F)c(F)c1. The van der Waals surface area contributed by atoms with Crippen LogP contribution in [0.25, 0.3) is 0 Å². The molecule has 3 fully saturated rings. The largest absolute Gasteiger partial charge is 0.444 e. The first-order valence-corrected chi connectivity index (χ1v) is 11.5. The van der Waals surface area contributed by atoms with Crippen LogP contribution in [0, 0.1) is 11.6 Å². The van der Waals surface area contributed by atoms with Crippen LogP contribution in [0.3, 0.4) is 0 Å². The van der Waals surface area contributed by atoms with Gasteiger partial charge < -0.3 is 19.4 Å². The summed E-state index contributed by atoms with van der Waals surface area (Å²) in [6.45, 7) is 5.23. The summed E-state index contributed by atoms with van der Waals surface area (Å²) in [7, 11) is 0. The molecule has 2 saturated heterocycles. The average Bonchev–Trinajstić information content (AvgIpc) is 2.71. The van der Waals surface area contributed by atoms with Gasteiger partial charge in [0.15, 0.2) is 17.2 Å². The lowest BCUT2D eigenvalue weighted by molar-refractivity contribution is -0.181. The highest BCUT2D eigenvalue weighted by molar-refractivity contribution is 6.00. The van der Waals surface area contributed by atoms with Crippen LogP contribution in [0.2, 0.25) is 0 Å². The predicted molar refractivity (Wildman–Crippen MR) is 116 cm³/mol. The number of carbonyl (C=O) groups excluding carboxylic acids is 3.